The normalized spacial score (nSPS) is 46.6. The fraction of sp³-hybridized carbons (Fsp3) is 1.00. The molecule has 0 amide bonds. The molecule has 0 aromatic rings. The molecular weight excluding hydrogens is 160 g/mol. The fourth-order valence-corrected chi connectivity index (χ4v) is 3.41. The zero-order chi connectivity index (χ0) is 9.85. The molecule has 0 radical (unpaired) electrons. The number of hydrogen-bond acceptors (Lipinski definition) is 2. The highest BCUT2D eigenvalue weighted by Crippen LogP contribution is 2.52. The van der Waals surface area contributed by atoms with Gasteiger partial charge in [0.2, 0.25) is 0 Å². The van der Waals surface area contributed by atoms with Crippen LogP contribution >= 0.6 is 0 Å². The highest BCUT2D eigenvalue weighted by Gasteiger charge is 2.63. The second-order valence-electron chi connectivity index (χ2n) is 5.73. The van der Waals surface area contributed by atoms with Crippen molar-refractivity contribution in [3.63, 3.8) is 0 Å². The summed E-state index contributed by atoms with van der Waals surface area (Å²) in [5, 5.41) is 0. The average Bonchev–Trinajstić information content (AvgIpc) is 2.12. The van der Waals surface area contributed by atoms with Crippen LogP contribution in [0.25, 0.3) is 0 Å². The summed E-state index contributed by atoms with van der Waals surface area (Å²) in [4.78, 5) is 5.12. The molecule has 2 heterocycles. The summed E-state index contributed by atoms with van der Waals surface area (Å²) in [5.74, 6) is 0. The van der Waals surface area contributed by atoms with Gasteiger partial charge in [-0.05, 0) is 27.8 Å². The van der Waals surface area contributed by atoms with Crippen molar-refractivity contribution in [3.8, 4) is 0 Å². The quantitative estimate of drug-likeness (QED) is 0.605. The van der Waals surface area contributed by atoms with Crippen LogP contribution in [-0.2, 0) is 0 Å². The first-order chi connectivity index (χ1) is 5.89. The number of hydrogen-bond donors (Lipinski definition) is 0. The predicted molar refractivity (Wildman–Crippen MR) is 55.9 cm³/mol. The maximum atomic E-state index is 2.65. The molecule has 2 nitrogen and oxygen atoms in total. The van der Waals surface area contributed by atoms with Crippen molar-refractivity contribution in [2.75, 3.05) is 26.7 Å². The van der Waals surface area contributed by atoms with Gasteiger partial charge in [-0.3, -0.25) is 4.90 Å². The van der Waals surface area contributed by atoms with Crippen molar-refractivity contribution < 1.29 is 0 Å². The predicted octanol–water partition coefficient (Wildman–Crippen LogP) is 1.42. The molecule has 0 saturated carbocycles. The Morgan fingerprint density at radius 2 is 1.69 bits per heavy atom. The number of fused-ring (bicyclic) bond motifs is 1. The zero-order valence-corrected chi connectivity index (χ0v) is 9.59. The van der Waals surface area contributed by atoms with Crippen LogP contribution in [0.5, 0.6) is 0 Å². The van der Waals surface area contributed by atoms with E-state index >= 15 is 0 Å². The summed E-state index contributed by atoms with van der Waals surface area (Å²) >= 11 is 0. The molecule has 0 aliphatic carbocycles. The first-order valence-corrected chi connectivity index (χ1v) is 5.34. The van der Waals surface area contributed by atoms with Crippen molar-refractivity contribution >= 4 is 0 Å². The van der Waals surface area contributed by atoms with Gasteiger partial charge in [0.15, 0.2) is 0 Å². The molecule has 2 heteroatoms. The summed E-state index contributed by atoms with van der Waals surface area (Å²) in [6.07, 6.45) is 0. The van der Waals surface area contributed by atoms with Crippen molar-refractivity contribution in [1.82, 2.24) is 9.80 Å². The number of nitrogens with zero attached hydrogens (tertiary/aromatic N) is 2. The van der Waals surface area contributed by atoms with Gasteiger partial charge < -0.3 is 4.90 Å². The Morgan fingerprint density at radius 3 is 2.15 bits per heavy atom. The molecule has 2 aliphatic heterocycles. The van der Waals surface area contributed by atoms with Gasteiger partial charge in [-0.1, -0.05) is 6.92 Å². The van der Waals surface area contributed by atoms with Crippen LogP contribution in [0, 0.1) is 5.41 Å². The Kier molecular flexibility index (Phi) is 1.81. The van der Waals surface area contributed by atoms with Gasteiger partial charge in [0.05, 0.1) is 0 Å². The molecule has 0 unspecified atom stereocenters. The van der Waals surface area contributed by atoms with E-state index in [0.29, 0.717) is 17.0 Å². The van der Waals surface area contributed by atoms with Gasteiger partial charge in [0.1, 0.15) is 0 Å². The molecule has 13 heavy (non-hydrogen) atoms. The minimum absolute atomic E-state index is 0.440. The van der Waals surface area contributed by atoms with E-state index in [9.17, 15) is 0 Å². The van der Waals surface area contributed by atoms with Crippen LogP contribution in [0.3, 0.4) is 0 Å². The fourth-order valence-electron chi connectivity index (χ4n) is 3.41. The largest absolute Gasteiger partial charge is 0.304 e. The first kappa shape index (κ1) is 9.47. The highest BCUT2D eigenvalue weighted by molar-refractivity contribution is 5.18. The number of likely N-dealkylation sites (N-methyl/N-ethyl adjacent to an activating group) is 1. The van der Waals surface area contributed by atoms with E-state index in [1.165, 1.54) is 19.6 Å². The summed E-state index contributed by atoms with van der Waals surface area (Å²) in [5.41, 5.74) is 0.988. The van der Waals surface area contributed by atoms with Crippen molar-refractivity contribution in [2.45, 2.75) is 39.3 Å². The van der Waals surface area contributed by atoms with Gasteiger partial charge in [0, 0.05) is 36.6 Å². The minimum atomic E-state index is 0.440. The van der Waals surface area contributed by atoms with E-state index in [2.05, 4.69) is 44.5 Å². The Morgan fingerprint density at radius 1 is 1.08 bits per heavy atom. The molecule has 2 fully saturated rings. The summed E-state index contributed by atoms with van der Waals surface area (Å²) in [6, 6.07) is 0.699. The SMILES string of the molecule is CC(C)N1C[C@@]2(C)CN(C)C[C@@]12C. The molecule has 2 rings (SSSR count). The number of likely N-dealkylation sites (tertiary alicyclic amines) is 2. The van der Waals surface area contributed by atoms with Crippen LogP contribution in [0.1, 0.15) is 27.7 Å². The molecule has 0 spiro atoms. The van der Waals surface area contributed by atoms with E-state index in [1.807, 2.05) is 0 Å². The van der Waals surface area contributed by atoms with E-state index < -0.39 is 0 Å². The molecule has 2 saturated heterocycles. The smallest absolute Gasteiger partial charge is 0.0389 e. The molecule has 2 aliphatic rings. The Bertz CT molecular complexity index is 226. The second kappa shape index (κ2) is 2.48. The van der Waals surface area contributed by atoms with Gasteiger partial charge >= 0.3 is 0 Å². The van der Waals surface area contributed by atoms with Gasteiger partial charge in [-0.2, -0.15) is 0 Å². The summed E-state index contributed by atoms with van der Waals surface area (Å²) in [6.45, 7) is 13.3. The lowest BCUT2D eigenvalue weighted by atomic mass is 9.65. The van der Waals surface area contributed by atoms with Crippen LogP contribution in [-0.4, -0.2) is 48.1 Å². The van der Waals surface area contributed by atoms with Gasteiger partial charge in [-0.15, -0.1) is 0 Å². The maximum absolute atomic E-state index is 2.65. The lowest BCUT2D eigenvalue weighted by Gasteiger charge is -2.62. The third kappa shape index (κ3) is 1.02. The van der Waals surface area contributed by atoms with E-state index in [1.54, 1.807) is 0 Å². The van der Waals surface area contributed by atoms with Gasteiger partial charge in [0.25, 0.3) is 0 Å². The minimum Gasteiger partial charge on any atom is -0.304 e. The van der Waals surface area contributed by atoms with E-state index in [-0.39, 0.29) is 0 Å². The van der Waals surface area contributed by atoms with Crippen molar-refractivity contribution in [3.05, 3.63) is 0 Å². The van der Waals surface area contributed by atoms with Crippen LogP contribution in [0.15, 0.2) is 0 Å². The summed E-state index contributed by atoms with van der Waals surface area (Å²) in [7, 11) is 2.24. The molecule has 0 bridgehead atoms. The third-order valence-corrected chi connectivity index (χ3v) is 4.27. The maximum Gasteiger partial charge on any atom is 0.0389 e. The third-order valence-electron chi connectivity index (χ3n) is 4.27. The Balaban J connectivity index is 2.20. The highest BCUT2D eigenvalue weighted by atomic mass is 15.4. The zero-order valence-electron chi connectivity index (χ0n) is 9.59. The average molecular weight is 182 g/mol. The summed E-state index contributed by atoms with van der Waals surface area (Å²) < 4.78 is 0. The van der Waals surface area contributed by atoms with E-state index in [4.69, 9.17) is 0 Å². The molecule has 0 N–H and O–H groups in total. The molecule has 2 atom stereocenters. The molecule has 0 aromatic heterocycles. The number of rotatable bonds is 1. The lowest BCUT2D eigenvalue weighted by Crippen LogP contribution is -2.73. The lowest BCUT2D eigenvalue weighted by molar-refractivity contribution is -0.121. The molecule has 0 aromatic carbocycles. The second-order valence-corrected chi connectivity index (χ2v) is 5.73. The van der Waals surface area contributed by atoms with Gasteiger partial charge in [-0.25, -0.2) is 0 Å². The first-order valence-electron chi connectivity index (χ1n) is 5.34. The standard InChI is InChI=1S/C11H22N2/c1-9(2)13-7-10(3)6-12(5)8-11(10,13)4/h9H,6-8H2,1-5H3/t10-,11-/m1/s1. The van der Waals surface area contributed by atoms with Crippen molar-refractivity contribution in [2.24, 2.45) is 5.41 Å². The monoisotopic (exact) mass is 182 g/mol. The molecular formula is C11H22N2. The van der Waals surface area contributed by atoms with Crippen LogP contribution in [0.2, 0.25) is 0 Å². The Hall–Kier alpha value is -0.0800. The van der Waals surface area contributed by atoms with E-state index in [0.717, 1.165) is 0 Å². The van der Waals surface area contributed by atoms with Crippen molar-refractivity contribution in [1.29, 1.82) is 0 Å². The topological polar surface area (TPSA) is 6.48 Å². The van der Waals surface area contributed by atoms with Crippen LogP contribution in [0.4, 0.5) is 0 Å². The van der Waals surface area contributed by atoms with Crippen LogP contribution < -0.4 is 0 Å². The molecule has 76 valence electrons. The Labute approximate surface area is 81.9 Å².